The van der Waals surface area contributed by atoms with Crippen molar-refractivity contribution in [1.29, 1.82) is 0 Å². The molecule has 2 aliphatic rings. The Balaban J connectivity index is 1.53. The van der Waals surface area contributed by atoms with E-state index in [1.807, 2.05) is 13.0 Å². The van der Waals surface area contributed by atoms with Gasteiger partial charge in [0.05, 0.1) is 12.6 Å². The highest BCUT2D eigenvalue weighted by Gasteiger charge is 2.25. The number of amides is 2. The number of nitrogens with one attached hydrogen (secondary N) is 1. The Morgan fingerprint density at radius 1 is 1.15 bits per heavy atom. The van der Waals surface area contributed by atoms with Gasteiger partial charge in [-0.15, -0.1) is 0 Å². The molecule has 1 N–H and O–H groups in total. The fraction of sp³-hybridized carbons (Fsp3) is 0.579. The van der Waals surface area contributed by atoms with Crippen LogP contribution >= 0.6 is 0 Å². The fourth-order valence-electron chi connectivity index (χ4n) is 3.26. The molecule has 8 heteroatoms. The van der Waals surface area contributed by atoms with Crippen molar-refractivity contribution in [2.45, 2.75) is 19.4 Å². The molecule has 2 aliphatic heterocycles. The Bertz CT molecular complexity index is 694. The first-order valence-corrected chi connectivity index (χ1v) is 9.31. The van der Waals surface area contributed by atoms with Gasteiger partial charge in [-0.05, 0) is 32.0 Å². The number of fused-ring (bicyclic) bond motifs is 1. The Morgan fingerprint density at radius 3 is 2.70 bits per heavy atom. The van der Waals surface area contributed by atoms with Gasteiger partial charge in [0.2, 0.25) is 18.6 Å². The average molecular weight is 376 g/mol. The monoisotopic (exact) mass is 376 g/mol. The second-order valence-electron chi connectivity index (χ2n) is 7.19. The molecular weight excluding hydrogens is 348 g/mol. The van der Waals surface area contributed by atoms with Gasteiger partial charge in [-0.1, -0.05) is 0 Å². The van der Waals surface area contributed by atoms with E-state index in [1.165, 1.54) is 0 Å². The molecule has 148 valence electrons. The lowest BCUT2D eigenvalue weighted by Gasteiger charge is -2.27. The van der Waals surface area contributed by atoms with Gasteiger partial charge in [-0.2, -0.15) is 0 Å². The van der Waals surface area contributed by atoms with Crippen molar-refractivity contribution in [3.8, 4) is 11.5 Å². The molecule has 0 spiro atoms. The van der Waals surface area contributed by atoms with Crippen LogP contribution in [0.1, 0.15) is 13.3 Å². The second-order valence-corrected chi connectivity index (χ2v) is 7.19. The van der Waals surface area contributed by atoms with E-state index in [0.29, 0.717) is 23.7 Å². The molecule has 1 fully saturated rings. The van der Waals surface area contributed by atoms with E-state index >= 15 is 0 Å². The predicted octanol–water partition coefficient (Wildman–Crippen LogP) is 0.838. The zero-order valence-corrected chi connectivity index (χ0v) is 16.2. The van der Waals surface area contributed by atoms with Crippen molar-refractivity contribution in [2.24, 2.45) is 0 Å². The largest absolute Gasteiger partial charge is 0.454 e. The minimum Gasteiger partial charge on any atom is -0.454 e. The Kier molecular flexibility index (Phi) is 6.18. The summed E-state index contributed by atoms with van der Waals surface area (Å²) in [6.45, 7) is 5.80. The van der Waals surface area contributed by atoms with Crippen LogP contribution in [-0.2, 0) is 9.59 Å². The van der Waals surface area contributed by atoms with Crippen LogP contribution in [0.3, 0.4) is 0 Å². The van der Waals surface area contributed by atoms with Crippen molar-refractivity contribution in [3.05, 3.63) is 18.2 Å². The van der Waals surface area contributed by atoms with Crippen LogP contribution in [0.4, 0.5) is 5.69 Å². The van der Waals surface area contributed by atoms with Crippen molar-refractivity contribution in [1.82, 2.24) is 14.7 Å². The summed E-state index contributed by atoms with van der Waals surface area (Å²) >= 11 is 0. The minimum absolute atomic E-state index is 0.0494. The van der Waals surface area contributed by atoms with Gasteiger partial charge in [0.1, 0.15) is 0 Å². The van der Waals surface area contributed by atoms with E-state index in [-0.39, 0.29) is 24.6 Å². The number of nitrogens with zero attached hydrogens (tertiary/aromatic N) is 3. The molecule has 1 aromatic rings. The Labute approximate surface area is 160 Å². The molecular formula is C19H28N4O4. The summed E-state index contributed by atoms with van der Waals surface area (Å²) < 4.78 is 10.6. The summed E-state index contributed by atoms with van der Waals surface area (Å²) in [6, 6.07) is 5.15. The third kappa shape index (κ3) is 4.90. The minimum atomic E-state index is -0.250. The third-order valence-corrected chi connectivity index (χ3v) is 5.05. The molecule has 1 unspecified atom stereocenters. The van der Waals surface area contributed by atoms with Crippen molar-refractivity contribution in [2.75, 3.05) is 58.9 Å². The molecule has 0 radical (unpaired) electrons. The first kappa shape index (κ1) is 19.4. The fourth-order valence-corrected chi connectivity index (χ4v) is 3.26. The number of rotatable bonds is 5. The van der Waals surface area contributed by atoms with E-state index in [9.17, 15) is 9.59 Å². The number of anilines is 1. The zero-order chi connectivity index (χ0) is 19.4. The molecule has 0 aromatic heterocycles. The number of carbonyl (C=O) groups excluding carboxylic acids is 2. The molecule has 0 bridgehead atoms. The van der Waals surface area contributed by atoms with Crippen molar-refractivity contribution in [3.63, 3.8) is 0 Å². The van der Waals surface area contributed by atoms with Gasteiger partial charge in [0.15, 0.2) is 11.5 Å². The summed E-state index contributed by atoms with van der Waals surface area (Å²) in [6.07, 6.45) is 0.933. The lowest BCUT2D eigenvalue weighted by atomic mass is 10.2. The molecule has 0 saturated carbocycles. The molecule has 2 amide bonds. The quantitative estimate of drug-likeness (QED) is 0.821. The van der Waals surface area contributed by atoms with Crippen LogP contribution in [0.5, 0.6) is 11.5 Å². The molecule has 8 nitrogen and oxygen atoms in total. The first-order valence-electron chi connectivity index (χ1n) is 9.31. The van der Waals surface area contributed by atoms with E-state index in [1.54, 1.807) is 31.1 Å². The molecule has 0 aliphatic carbocycles. The van der Waals surface area contributed by atoms with Crippen molar-refractivity contribution < 1.29 is 19.1 Å². The number of benzene rings is 1. The molecule has 1 saturated heterocycles. The summed E-state index contributed by atoms with van der Waals surface area (Å²) in [5, 5.41) is 2.96. The average Bonchev–Trinajstić information content (AvgIpc) is 2.98. The number of hydrogen-bond donors (Lipinski definition) is 1. The molecule has 1 atom stereocenters. The number of ether oxygens (including phenoxy) is 2. The van der Waals surface area contributed by atoms with E-state index in [4.69, 9.17) is 9.47 Å². The summed E-state index contributed by atoms with van der Waals surface area (Å²) in [5.41, 5.74) is 0.698. The summed E-state index contributed by atoms with van der Waals surface area (Å²) in [4.78, 5) is 30.5. The van der Waals surface area contributed by atoms with Gasteiger partial charge in [0.25, 0.3) is 0 Å². The molecule has 27 heavy (non-hydrogen) atoms. The van der Waals surface area contributed by atoms with E-state index in [0.717, 1.165) is 32.6 Å². The predicted molar refractivity (Wildman–Crippen MR) is 102 cm³/mol. The number of hydrogen-bond acceptors (Lipinski definition) is 6. The highest BCUT2D eigenvalue weighted by Crippen LogP contribution is 2.34. The lowest BCUT2D eigenvalue weighted by Crippen LogP contribution is -2.44. The van der Waals surface area contributed by atoms with Crippen LogP contribution in [0, 0.1) is 0 Å². The maximum atomic E-state index is 12.7. The Morgan fingerprint density at radius 2 is 1.93 bits per heavy atom. The van der Waals surface area contributed by atoms with Crippen LogP contribution in [0.15, 0.2) is 18.2 Å². The molecule has 2 heterocycles. The second kappa shape index (κ2) is 8.58. The van der Waals surface area contributed by atoms with Gasteiger partial charge in [-0.25, -0.2) is 0 Å². The van der Waals surface area contributed by atoms with Crippen molar-refractivity contribution >= 4 is 17.5 Å². The first-order chi connectivity index (χ1) is 12.9. The van der Waals surface area contributed by atoms with E-state index < -0.39 is 0 Å². The van der Waals surface area contributed by atoms with Crippen LogP contribution < -0.4 is 14.8 Å². The lowest BCUT2D eigenvalue weighted by molar-refractivity contribution is -0.130. The van der Waals surface area contributed by atoms with Gasteiger partial charge in [0, 0.05) is 45.5 Å². The van der Waals surface area contributed by atoms with Crippen LogP contribution in [0.2, 0.25) is 0 Å². The molecule has 3 rings (SSSR count). The smallest absolute Gasteiger partial charge is 0.241 e. The maximum absolute atomic E-state index is 12.7. The van der Waals surface area contributed by atoms with Gasteiger partial charge >= 0.3 is 0 Å². The van der Waals surface area contributed by atoms with Crippen LogP contribution in [-0.4, -0.2) is 86.2 Å². The Hall–Kier alpha value is -2.32. The number of carbonyl (C=O) groups is 2. The third-order valence-electron chi connectivity index (χ3n) is 5.05. The zero-order valence-electron chi connectivity index (χ0n) is 16.2. The van der Waals surface area contributed by atoms with E-state index in [2.05, 4.69) is 15.1 Å². The molecule has 1 aromatic carbocycles. The topological polar surface area (TPSA) is 74.4 Å². The SMILES string of the molecule is CC(C(=O)Nc1ccc2c(c1)OCO2)N1CCCN(CC(=O)N(C)C)CC1. The van der Waals surface area contributed by atoms with Crippen LogP contribution in [0.25, 0.3) is 0 Å². The summed E-state index contributed by atoms with van der Waals surface area (Å²) in [5.74, 6) is 1.40. The van der Waals surface area contributed by atoms with Gasteiger partial charge in [-0.3, -0.25) is 19.4 Å². The standard InChI is InChI=1S/C19H28N4O4/c1-14(19(25)20-15-5-6-16-17(11-15)27-13-26-16)23-8-4-7-22(9-10-23)12-18(24)21(2)3/h5-6,11,14H,4,7-10,12-13H2,1-3H3,(H,20,25). The highest BCUT2D eigenvalue weighted by atomic mass is 16.7. The highest BCUT2D eigenvalue weighted by molar-refractivity contribution is 5.94. The normalized spacial score (nSPS) is 18.6. The summed E-state index contributed by atoms with van der Waals surface area (Å²) in [7, 11) is 3.55. The van der Waals surface area contributed by atoms with Gasteiger partial charge < -0.3 is 19.7 Å². The maximum Gasteiger partial charge on any atom is 0.241 e. The number of likely N-dealkylation sites (N-methyl/N-ethyl adjacent to an activating group) is 1.